The molecule has 2 unspecified atom stereocenters. The monoisotopic (exact) mass is 382 g/mol. The molecular formula is C17H22N2O6S. The van der Waals surface area contributed by atoms with Gasteiger partial charge in [0.1, 0.15) is 0 Å². The van der Waals surface area contributed by atoms with Crippen LogP contribution in [0.5, 0.6) is 0 Å². The van der Waals surface area contributed by atoms with Crippen molar-refractivity contribution >= 4 is 21.9 Å². The zero-order valence-electron chi connectivity index (χ0n) is 14.3. The van der Waals surface area contributed by atoms with Crippen molar-refractivity contribution in [2.45, 2.75) is 29.7 Å². The summed E-state index contributed by atoms with van der Waals surface area (Å²) in [4.78, 5) is 24.4. The number of ether oxygens (including phenoxy) is 1. The summed E-state index contributed by atoms with van der Waals surface area (Å²) in [7, 11) is -3.67. The molecule has 1 aromatic carbocycles. The number of carboxylic acid groups (broad SMARTS) is 1. The quantitative estimate of drug-likeness (QED) is 0.764. The van der Waals surface area contributed by atoms with Gasteiger partial charge in [0.25, 0.3) is 0 Å². The second-order valence-electron chi connectivity index (χ2n) is 6.69. The number of piperidine rings is 1. The molecule has 2 aliphatic rings. The van der Waals surface area contributed by atoms with Gasteiger partial charge in [0.05, 0.1) is 17.4 Å². The number of benzene rings is 1. The number of nitrogens with zero attached hydrogens (tertiary/aromatic N) is 1. The third kappa shape index (κ3) is 3.60. The van der Waals surface area contributed by atoms with Gasteiger partial charge >= 0.3 is 5.97 Å². The maximum absolute atomic E-state index is 12.8. The normalized spacial score (nSPS) is 27.2. The first-order chi connectivity index (χ1) is 12.3. The Morgan fingerprint density at radius 2 is 2.00 bits per heavy atom. The summed E-state index contributed by atoms with van der Waals surface area (Å²) < 4.78 is 31.9. The summed E-state index contributed by atoms with van der Waals surface area (Å²) >= 11 is 0. The average molecular weight is 382 g/mol. The lowest BCUT2D eigenvalue weighted by Gasteiger charge is -2.33. The molecule has 0 bridgehead atoms. The van der Waals surface area contributed by atoms with Crippen LogP contribution >= 0.6 is 0 Å². The molecule has 0 radical (unpaired) electrons. The zero-order chi connectivity index (χ0) is 18.8. The third-order valence-electron chi connectivity index (χ3n) is 4.93. The highest BCUT2D eigenvalue weighted by molar-refractivity contribution is 7.89. The van der Waals surface area contributed by atoms with Crippen LogP contribution in [0.2, 0.25) is 0 Å². The van der Waals surface area contributed by atoms with Gasteiger partial charge in [-0.1, -0.05) is 18.2 Å². The number of hydrogen-bond donors (Lipinski definition) is 2. The number of hydrogen-bond acceptors (Lipinski definition) is 5. The Bertz CT molecular complexity index is 774. The van der Waals surface area contributed by atoms with Crippen molar-refractivity contribution < 1.29 is 27.9 Å². The number of aliphatic carboxylic acids is 1. The Morgan fingerprint density at radius 1 is 1.27 bits per heavy atom. The molecule has 1 amide bonds. The topological polar surface area (TPSA) is 113 Å². The smallest absolute Gasteiger partial charge is 0.331 e. The minimum atomic E-state index is -3.67. The van der Waals surface area contributed by atoms with Gasteiger partial charge in [-0.15, -0.1) is 0 Å². The largest absolute Gasteiger partial charge is 0.479 e. The van der Waals surface area contributed by atoms with Crippen LogP contribution in [0.25, 0.3) is 0 Å². The molecule has 26 heavy (non-hydrogen) atoms. The molecule has 9 heteroatoms. The molecule has 2 saturated heterocycles. The Morgan fingerprint density at radius 3 is 2.62 bits per heavy atom. The number of sulfonamides is 1. The number of carboxylic acids is 1. The van der Waals surface area contributed by atoms with Gasteiger partial charge in [-0.2, -0.15) is 4.31 Å². The summed E-state index contributed by atoms with van der Waals surface area (Å²) in [6.45, 7) is 0.576. The Kier molecular flexibility index (Phi) is 5.31. The molecule has 0 saturated carbocycles. The first-order valence-electron chi connectivity index (χ1n) is 8.53. The fourth-order valence-electron chi connectivity index (χ4n) is 3.34. The van der Waals surface area contributed by atoms with Crippen LogP contribution < -0.4 is 5.32 Å². The molecule has 2 atom stereocenters. The van der Waals surface area contributed by atoms with Crippen LogP contribution in [0.3, 0.4) is 0 Å². The Hall–Kier alpha value is -1.97. The maximum Gasteiger partial charge on any atom is 0.331 e. The molecule has 0 aliphatic carbocycles. The van der Waals surface area contributed by atoms with E-state index in [-0.39, 0.29) is 31.1 Å². The first-order valence-corrected chi connectivity index (χ1v) is 9.97. The van der Waals surface area contributed by atoms with Crippen LogP contribution in [0.4, 0.5) is 0 Å². The van der Waals surface area contributed by atoms with Crippen molar-refractivity contribution in [2.24, 2.45) is 5.92 Å². The van der Waals surface area contributed by atoms with E-state index in [4.69, 9.17) is 4.74 Å². The van der Waals surface area contributed by atoms with E-state index in [2.05, 4.69) is 5.32 Å². The summed E-state index contributed by atoms with van der Waals surface area (Å²) in [5.41, 5.74) is -1.42. The summed E-state index contributed by atoms with van der Waals surface area (Å²) in [5.74, 6) is -2.15. The first kappa shape index (κ1) is 18.8. The molecular weight excluding hydrogens is 360 g/mol. The minimum absolute atomic E-state index is 0.0413. The third-order valence-corrected chi connectivity index (χ3v) is 6.81. The summed E-state index contributed by atoms with van der Waals surface area (Å²) in [6.07, 6.45) is 1.26. The van der Waals surface area contributed by atoms with Crippen LogP contribution in [0.1, 0.15) is 19.3 Å². The van der Waals surface area contributed by atoms with Crippen LogP contribution in [0, 0.1) is 5.92 Å². The molecule has 0 aromatic heterocycles. The van der Waals surface area contributed by atoms with Gasteiger partial charge in [0.15, 0.2) is 5.54 Å². The fraction of sp³-hybridized carbons (Fsp3) is 0.529. The lowest BCUT2D eigenvalue weighted by molar-refractivity contribution is -0.148. The molecule has 1 aromatic rings. The number of carbonyl (C=O) groups excluding carboxylic acids is 1. The maximum atomic E-state index is 12.8. The van der Waals surface area contributed by atoms with Gasteiger partial charge < -0.3 is 15.2 Å². The second-order valence-corrected chi connectivity index (χ2v) is 8.63. The minimum Gasteiger partial charge on any atom is -0.479 e. The molecule has 2 N–H and O–H groups in total. The molecule has 2 heterocycles. The zero-order valence-corrected chi connectivity index (χ0v) is 15.1. The van der Waals surface area contributed by atoms with Crippen molar-refractivity contribution in [1.29, 1.82) is 0 Å². The molecule has 3 rings (SSSR count). The molecule has 142 valence electrons. The number of nitrogens with one attached hydrogen (secondary N) is 1. The molecule has 2 fully saturated rings. The second kappa shape index (κ2) is 7.34. The SMILES string of the molecule is O=C(NC1(C(=O)O)CCOC1)C1CCCN(S(=O)(=O)c2ccccc2)C1. The van der Waals surface area contributed by atoms with Gasteiger partial charge in [0, 0.05) is 26.1 Å². The van der Waals surface area contributed by atoms with E-state index in [0.717, 1.165) is 0 Å². The standard InChI is InChI=1S/C17H22N2O6S/c20-15(18-17(16(21)22)8-10-25-12-17)13-5-4-9-19(11-13)26(23,24)14-6-2-1-3-7-14/h1-3,6-7,13H,4-5,8-12H2,(H,18,20)(H,21,22). The van der Waals surface area contributed by atoms with E-state index in [1.165, 1.54) is 16.4 Å². The number of rotatable bonds is 5. The van der Waals surface area contributed by atoms with Crippen LogP contribution in [-0.4, -0.2) is 61.5 Å². The molecule has 8 nitrogen and oxygen atoms in total. The predicted octanol–water partition coefficient (Wildman–Crippen LogP) is 0.447. The highest BCUT2D eigenvalue weighted by atomic mass is 32.2. The van der Waals surface area contributed by atoms with Crippen molar-refractivity contribution in [3.8, 4) is 0 Å². The van der Waals surface area contributed by atoms with E-state index in [1.54, 1.807) is 18.2 Å². The van der Waals surface area contributed by atoms with E-state index in [1.807, 2.05) is 0 Å². The summed E-state index contributed by atoms with van der Waals surface area (Å²) in [5, 5.41) is 12.0. The highest BCUT2D eigenvalue weighted by Gasteiger charge is 2.45. The van der Waals surface area contributed by atoms with E-state index < -0.39 is 33.4 Å². The molecule has 2 aliphatic heterocycles. The lowest BCUT2D eigenvalue weighted by Crippen LogP contribution is -2.58. The summed E-state index contributed by atoms with van der Waals surface area (Å²) in [6, 6.07) is 8.08. The van der Waals surface area contributed by atoms with E-state index in [0.29, 0.717) is 19.4 Å². The van der Waals surface area contributed by atoms with Gasteiger partial charge in [-0.3, -0.25) is 4.79 Å². The van der Waals surface area contributed by atoms with E-state index >= 15 is 0 Å². The Balaban J connectivity index is 1.72. The predicted molar refractivity (Wildman–Crippen MR) is 91.9 cm³/mol. The number of carbonyl (C=O) groups is 2. The van der Waals surface area contributed by atoms with Crippen molar-refractivity contribution in [3.05, 3.63) is 30.3 Å². The van der Waals surface area contributed by atoms with Gasteiger partial charge in [-0.05, 0) is 25.0 Å². The van der Waals surface area contributed by atoms with Gasteiger partial charge in [0.2, 0.25) is 15.9 Å². The van der Waals surface area contributed by atoms with Gasteiger partial charge in [-0.25, -0.2) is 13.2 Å². The molecule has 0 spiro atoms. The van der Waals surface area contributed by atoms with E-state index in [9.17, 15) is 23.1 Å². The van der Waals surface area contributed by atoms with Crippen LogP contribution in [0.15, 0.2) is 35.2 Å². The highest BCUT2D eigenvalue weighted by Crippen LogP contribution is 2.26. The lowest BCUT2D eigenvalue weighted by atomic mass is 9.94. The Labute approximate surface area is 152 Å². The van der Waals surface area contributed by atoms with Crippen molar-refractivity contribution in [1.82, 2.24) is 9.62 Å². The number of amides is 1. The van der Waals surface area contributed by atoms with Crippen molar-refractivity contribution in [3.63, 3.8) is 0 Å². The fourth-order valence-corrected chi connectivity index (χ4v) is 4.88. The van der Waals surface area contributed by atoms with Crippen molar-refractivity contribution in [2.75, 3.05) is 26.3 Å². The average Bonchev–Trinajstić information content (AvgIpc) is 3.12. The van der Waals surface area contributed by atoms with Crippen LogP contribution in [-0.2, 0) is 24.3 Å².